The van der Waals surface area contributed by atoms with E-state index in [1.54, 1.807) is 0 Å². The number of rotatable bonds is 5. The molecule has 1 saturated heterocycles. The van der Waals surface area contributed by atoms with E-state index < -0.39 is 42.6 Å². The summed E-state index contributed by atoms with van der Waals surface area (Å²) in [5.74, 6) is 0. The van der Waals surface area contributed by atoms with Crippen LogP contribution in [0.5, 0.6) is 0 Å². The van der Waals surface area contributed by atoms with Gasteiger partial charge in [0.1, 0.15) is 6.10 Å². The van der Waals surface area contributed by atoms with E-state index in [0.717, 1.165) is 5.56 Å². The van der Waals surface area contributed by atoms with Crippen molar-refractivity contribution in [3.05, 3.63) is 56.8 Å². The predicted molar refractivity (Wildman–Crippen MR) is 81.6 cm³/mol. The Balaban J connectivity index is 1.83. The van der Waals surface area contributed by atoms with Crippen LogP contribution in [0.3, 0.4) is 0 Å². The third-order valence-corrected chi connectivity index (χ3v) is 4.26. The van der Waals surface area contributed by atoms with Gasteiger partial charge < -0.3 is 19.7 Å². The molecule has 3 rings (SSSR count). The Morgan fingerprint density at radius 2 is 1.54 bits per heavy atom. The lowest BCUT2D eigenvalue weighted by Gasteiger charge is -2.30. The zero-order valence-electron chi connectivity index (χ0n) is 12.5. The second kappa shape index (κ2) is 7.06. The lowest BCUT2D eigenvalue weighted by atomic mass is 10.0. The van der Waals surface area contributed by atoms with Gasteiger partial charge in [0, 0.05) is 9.82 Å². The van der Waals surface area contributed by atoms with Crippen molar-refractivity contribution in [2.24, 2.45) is 10.2 Å². The molecule has 2 N–H and O–H groups in total. The van der Waals surface area contributed by atoms with Gasteiger partial charge >= 0.3 is 0 Å². The molecule has 0 aromatic heterocycles. The standard InChI is InChI=1S/C14H16N6O4/c15-19-17-8-10(21)14(23-6-7-4-2-1-3-5-7)11(22)9(18-20-16)13-12(8)24-13/h1-5,8-14,21-22H,6H2/t8-,9+,10-,11+,12+,13-,14?. The van der Waals surface area contributed by atoms with Crippen molar-refractivity contribution >= 4 is 0 Å². The second-order valence-electron chi connectivity index (χ2n) is 5.70. The van der Waals surface area contributed by atoms with Crippen LogP contribution in [0.15, 0.2) is 40.6 Å². The van der Waals surface area contributed by atoms with Crippen LogP contribution in [0, 0.1) is 0 Å². The summed E-state index contributed by atoms with van der Waals surface area (Å²) in [7, 11) is 0. The van der Waals surface area contributed by atoms with Crippen LogP contribution < -0.4 is 0 Å². The van der Waals surface area contributed by atoms with Crippen LogP contribution in [0.1, 0.15) is 5.56 Å². The minimum Gasteiger partial charge on any atom is -0.390 e. The molecule has 10 nitrogen and oxygen atoms in total. The van der Waals surface area contributed by atoms with E-state index in [-0.39, 0.29) is 6.61 Å². The highest BCUT2D eigenvalue weighted by Crippen LogP contribution is 2.40. The van der Waals surface area contributed by atoms with Crippen LogP contribution in [-0.4, -0.2) is 52.8 Å². The number of fused-ring (bicyclic) bond motifs is 1. The fourth-order valence-corrected chi connectivity index (χ4v) is 3.02. The maximum Gasteiger partial charge on any atom is 0.111 e. The Labute approximate surface area is 136 Å². The molecule has 7 atom stereocenters. The number of hydrogen-bond acceptors (Lipinski definition) is 6. The first-order valence-electron chi connectivity index (χ1n) is 7.43. The quantitative estimate of drug-likeness (QED) is 0.361. The first kappa shape index (κ1) is 16.5. The number of nitrogens with zero attached hydrogens (tertiary/aromatic N) is 6. The molecule has 1 aromatic rings. The topological polar surface area (TPSA) is 160 Å². The molecule has 0 bridgehead atoms. The average Bonchev–Trinajstić information content (AvgIpc) is 3.38. The van der Waals surface area contributed by atoms with E-state index in [0.29, 0.717) is 0 Å². The van der Waals surface area contributed by atoms with Gasteiger partial charge in [-0.3, -0.25) is 0 Å². The first-order chi connectivity index (χ1) is 11.7. The molecule has 24 heavy (non-hydrogen) atoms. The summed E-state index contributed by atoms with van der Waals surface area (Å²) < 4.78 is 11.0. The van der Waals surface area contributed by atoms with Gasteiger partial charge in [-0.2, -0.15) is 0 Å². The number of benzene rings is 1. The number of azide groups is 2. The lowest BCUT2D eigenvalue weighted by Crippen LogP contribution is -2.48. The number of ether oxygens (including phenoxy) is 2. The highest BCUT2D eigenvalue weighted by atomic mass is 16.6. The fourth-order valence-electron chi connectivity index (χ4n) is 3.02. The summed E-state index contributed by atoms with van der Waals surface area (Å²) in [4.78, 5) is 5.44. The zero-order valence-corrected chi connectivity index (χ0v) is 12.5. The summed E-state index contributed by atoms with van der Waals surface area (Å²) in [6.07, 6.45) is -4.85. The summed E-state index contributed by atoms with van der Waals surface area (Å²) in [6.45, 7) is 0.141. The molecule has 1 unspecified atom stereocenters. The summed E-state index contributed by atoms with van der Waals surface area (Å²) in [5.41, 5.74) is 18.3. The fraction of sp³-hybridized carbons (Fsp3) is 0.571. The number of aliphatic hydroxyl groups is 2. The molecule has 0 spiro atoms. The van der Waals surface area contributed by atoms with Crippen molar-refractivity contribution in [1.82, 2.24) is 0 Å². The zero-order chi connectivity index (χ0) is 17.1. The number of aliphatic hydroxyl groups excluding tert-OH is 2. The number of hydrogen-bond donors (Lipinski definition) is 2. The van der Waals surface area contributed by atoms with Crippen molar-refractivity contribution < 1.29 is 19.7 Å². The third-order valence-electron chi connectivity index (χ3n) is 4.26. The molecule has 1 aliphatic heterocycles. The third kappa shape index (κ3) is 3.15. The van der Waals surface area contributed by atoms with Gasteiger partial charge in [-0.1, -0.05) is 40.6 Å². The molecule has 0 radical (unpaired) electrons. The first-order valence-corrected chi connectivity index (χ1v) is 7.43. The van der Waals surface area contributed by atoms with Gasteiger partial charge in [-0.25, -0.2) is 0 Å². The molecular formula is C14H16N6O4. The molecule has 1 saturated carbocycles. The Hall–Kier alpha value is -2.32. The lowest BCUT2D eigenvalue weighted by molar-refractivity contribution is -0.120. The molecule has 1 aromatic carbocycles. The molecule has 1 aliphatic carbocycles. The van der Waals surface area contributed by atoms with Crippen molar-refractivity contribution in [1.29, 1.82) is 0 Å². The highest BCUT2D eigenvalue weighted by Gasteiger charge is 2.59. The van der Waals surface area contributed by atoms with E-state index in [9.17, 15) is 10.2 Å². The Bertz CT molecular complexity index is 639. The van der Waals surface area contributed by atoms with Gasteiger partial charge in [0.15, 0.2) is 0 Å². The van der Waals surface area contributed by atoms with Crippen LogP contribution in [0.2, 0.25) is 0 Å². The Kier molecular flexibility index (Phi) is 4.86. The molecule has 10 heteroatoms. The average molecular weight is 332 g/mol. The molecule has 2 fully saturated rings. The van der Waals surface area contributed by atoms with Gasteiger partial charge in [0.25, 0.3) is 0 Å². The van der Waals surface area contributed by atoms with Crippen molar-refractivity contribution in [3.8, 4) is 0 Å². The van der Waals surface area contributed by atoms with Crippen LogP contribution in [0.4, 0.5) is 0 Å². The molecule has 0 amide bonds. The van der Waals surface area contributed by atoms with Crippen LogP contribution in [0.25, 0.3) is 20.9 Å². The minimum atomic E-state index is -1.28. The van der Waals surface area contributed by atoms with E-state index in [2.05, 4.69) is 20.1 Å². The highest BCUT2D eigenvalue weighted by molar-refractivity contribution is 5.15. The molecule has 1 heterocycles. The number of epoxide rings is 1. The maximum absolute atomic E-state index is 10.5. The monoisotopic (exact) mass is 332 g/mol. The Morgan fingerprint density at radius 1 is 1.00 bits per heavy atom. The smallest absolute Gasteiger partial charge is 0.111 e. The van der Waals surface area contributed by atoms with Crippen molar-refractivity contribution in [2.45, 2.75) is 49.2 Å². The van der Waals surface area contributed by atoms with E-state index in [4.69, 9.17) is 20.5 Å². The Morgan fingerprint density at radius 3 is 2.04 bits per heavy atom. The molecule has 126 valence electrons. The van der Waals surface area contributed by atoms with Crippen LogP contribution in [-0.2, 0) is 16.1 Å². The summed E-state index contributed by atoms with van der Waals surface area (Å²) in [6, 6.07) is 7.38. The van der Waals surface area contributed by atoms with Crippen LogP contribution >= 0.6 is 0 Å². The van der Waals surface area contributed by atoms with Crippen molar-refractivity contribution in [2.75, 3.05) is 0 Å². The SMILES string of the molecule is [N-]=[N+]=N[C@@H]1[C@H]2O[C@H]2[C@H](N=[N+]=[N-])[C@@H](O)C(OCc2ccccc2)[C@H]1O. The second-order valence-corrected chi connectivity index (χ2v) is 5.70. The normalized spacial score (nSPS) is 37.3. The van der Waals surface area contributed by atoms with E-state index in [1.807, 2.05) is 30.3 Å². The minimum absolute atomic E-state index is 0.141. The molecule has 2 aliphatic rings. The van der Waals surface area contributed by atoms with Crippen molar-refractivity contribution in [3.63, 3.8) is 0 Å². The summed E-state index contributed by atoms with van der Waals surface area (Å²) in [5, 5.41) is 28.1. The predicted octanol–water partition coefficient (Wildman–Crippen LogP) is 1.43. The van der Waals surface area contributed by atoms with E-state index >= 15 is 0 Å². The van der Waals surface area contributed by atoms with Gasteiger partial charge in [0.05, 0.1) is 43.1 Å². The maximum atomic E-state index is 10.5. The summed E-state index contributed by atoms with van der Waals surface area (Å²) >= 11 is 0. The van der Waals surface area contributed by atoms with Gasteiger partial charge in [-0.05, 0) is 16.6 Å². The van der Waals surface area contributed by atoms with E-state index in [1.165, 1.54) is 0 Å². The largest absolute Gasteiger partial charge is 0.390 e. The molecular weight excluding hydrogens is 316 g/mol. The van der Waals surface area contributed by atoms with Gasteiger partial charge in [0.2, 0.25) is 0 Å². The van der Waals surface area contributed by atoms with Gasteiger partial charge in [-0.15, -0.1) is 0 Å².